The monoisotopic (exact) mass is 302 g/mol. The molecule has 2 rings (SSSR count). The molecule has 0 spiro atoms. The van der Waals surface area contributed by atoms with Gasteiger partial charge in [-0.15, -0.1) is 0 Å². The number of methoxy groups -OCH3 is 1. The van der Waals surface area contributed by atoms with Gasteiger partial charge in [-0.25, -0.2) is 0 Å². The van der Waals surface area contributed by atoms with Gasteiger partial charge in [0.25, 0.3) is 0 Å². The molecule has 0 unspecified atom stereocenters. The van der Waals surface area contributed by atoms with Crippen LogP contribution in [0.3, 0.4) is 0 Å². The summed E-state index contributed by atoms with van der Waals surface area (Å²) in [4.78, 5) is 25.4. The van der Waals surface area contributed by atoms with E-state index in [0.717, 1.165) is 0 Å². The number of carboxylic acid groups (broad SMARTS) is 1. The summed E-state index contributed by atoms with van der Waals surface area (Å²) in [5.41, 5.74) is 1.13. The molecule has 1 fully saturated rings. The molecule has 0 bridgehead atoms. The third kappa shape index (κ3) is 3.26. The lowest BCUT2D eigenvalue weighted by molar-refractivity contribution is -0.152. The van der Waals surface area contributed by atoms with Crippen LogP contribution in [0.4, 0.5) is 0 Å². The van der Waals surface area contributed by atoms with Crippen molar-refractivity contribution in [1.82, 2.24) is 4.90 Å². The minimum Gasteiger partial charge on any atom is -0.481 e. The third-order valence-corrected chi connectivity index (χ3v) is 3.92. The first-order chi connectivity index (χ1) is 10.6. The maximum Gasteiger partial charge on any atom is 0.308 e. The van der Waals surface area contributed by atoms with E-state index < -0.39 is 17.9 Å². The molecular formula is C16H18N2O4. The number of benzene rings is 1. The van der Waals surface area contributed by atoms with Gasteiger partial charge in [-0.2, -0.15) is 5.26 Å². The molecule has 22 heavy (non-hydrogen) atoms. The van der Waals surface area contributed by atoms with Gasteiger partial charge in [0.15, 0.2) is 0 Å². The van der Waals surface area contributed by atoms with Crippen molar-refractivity contribution in [3.05, 3.63) is 35.4 Å². The molecule has 0 aliphatic carbocycles. The topological polar surface area (TPSA) is 90.6 Å². The number of piperidine rings is 1. The number of carbonyl (C=O) groups is 2. The van der Waals surface area contributed by atoms with Gasteiger partial charge in [-0.1, -0.05) is 12.1 Å². The molecular weight excluding hydrogens is 284 g/mol. The van der Waals surface area contributed by atoms with Crippen molar-refractivity contribution in [3.63, 3.8) is 0 Å². The van der Waals surface area contributed by atoms with Gasteiger partial charge in [0, 0.05) is 20.1 Å². The van der Waals surface area contributed by atoms with Crippen molar-refractivity contribution in [2.45, 2.75) is 18.9 Å². The first kappa shape index (κ1) is 16.0. The van der Waals surface area contributed by atoms with Gasteiger partial charge in [0.05, 0.1) is 30.2 Å². The van der Waals surface area contributed by atoms with E-state index in [1.165, 1.54) is 7.11 Å². The smallest absolute Gasteiger partial charge is 0.308 e. The zero-order chi connectivity index (χ0) is 16.1. The Hall–Kier alpha value is -2.39. The van der Waals surface area contributed by atoms with E-state index in [1.54, 1.807) is 29.2 Å². The van der Waals surface area contributed by atoms with Crippen LogP contribution in [0, 0.1) is 17.2 Å². The first-order valence-corrected chi connectivity index (χ1v) is 7.09. The van der Waals surface area contributed by atoms with Crippen LogP contribution < -0.4 is 0 Å². The summed E-state index contributed by atoms with van der Waals surface area (Å²) in [6.45, 7) is 0.674. The number of hydrogen-bond acceptors (Lipinski definition) is 4. The summed E-state index contributed by atoms with van der Waals surface area (Å²) < 4.78 is 5.02. The predicted molar refractivity (Wildman–Crippen MR) is 77.8 cm³/mol. The van der Waals surface area contributed by atoms with E-state index in [1.807, 2.05) is 6.07 Å². The zero-order valence-electron chi connectivity index (χ0n) is 12.4. The fourth-order valence-corrected chi connectivity index (χ4v) is 2.87. The van der Waals surface area contributed by atoms with Gasteiger partial charge in [-0.3, -0.25) is 9.59 Å². The van der Waals surface area contributed by atoms with Crippen LogP contribution in [-0.4, -0.2) is 42.1 Å². The molecule has 1 aromatic carbocycles. The number of nitrogens with zero attached hydrogens (tertiary/aromatic N) is 2. The summed E-state index contributed by atoms with van der Waals surface area (Å²) in [7, 11) is 1.54. The van der Waals surface area contributed by atoms with Gasteiger partial charge < -0.3 is 14.7 Å². The minimum absolute atomic E-state index is 0.0816. The Kier molecular flexibility index (Phi) is 5.12. The summed E-state index contributed by atoms with van der Waals surface area (Å²) in [5.74, 6) is -1.69. The number of amides is 1. The summed E-state index contributed by atoms with van der Waals surface area (Å²) >= 11 is 0. The van der Waals surface area contributed by atoms with E-state index in [0.29, 0.717) is 30.7 Å². The standard InChI is InChI=1S/C16H18N2O4/c1-22-8-7-18-14(19)6-5-13(16(20)21)15(18)12-4-2-3-11(9-12)10-17/h2-4,9,13,15H,5-8H2,1H3,(H,20,21)/t13-,15-/m0/s1. The molecule has 1 saturated heterocycles. The molecule has 116 valence electrons. The summed E-state index contributed by atoms with van der Waals surface area (Å²) in [6, 6.07) is 8.26. The maximum absolute atomic E-state index is 12.2. The lowest BCUT2D eigenvalue weighted by Crippen LogP contribution is -2.46. The highest BCUT2D eigenvalue weighted by molar-refractivity contribution is 5.81. The van der Waals surface area contributed by atoms with E-state index in [2.05, 4.69) is 0 Å². The van der Waals surface area contributed by atoms with E-state index in [9.17, 15) is 14.7 Å². The minimum atomic E-state index is -0.928. The molecule has 6 nitrogen and oxygen atoms in total. The molecule has 1 amide bonds. The number of likely N-dealkylation sites (tertiary alicyclic amines) is 1. The van der Waals surface area contributed by atoms with Gasteiger partial charge in [0.1, 0.15) is 0 Å². The summed E-state index contributed by atoms with van der Waals surface area (Å²) in [6.07, 6.45) is 0.522. The van der Waals surface area contributed by atoms with Gasteiger partial charge >= 0.3 is 5.97 Å². The van der Waals surface area contributed by atoms with Crippen LogP contribution in [0.25, 0.3) is 0 Å². The number of ether oxygens (including phenoxy) is 1. The second-order valence-corrected chi connectivity index (χ2v) is 5.25. The van der Waals surface area contributed by atoms with Crippen LogP contribution in [0.2, 0.25) is 0 Å². The molecule has 0 saturated carbocycles. The van der Waals surface area contributed by atoms with Crippen LogP contribution >= 0.6 is 0 Å². The third-order valence-electron chi connectivity index (χ3n) is 3.92. The molecule has 1 N–H and O–H groups in total. The number of nitriles is 1. The molecule has 0 aromatic heterocycles. The van der Waals surface area contributed by atoms with Crippen molar-refractivity contribution in [2.75, 3.05) is 20.3 Å². The Morgan fingerprint density at radius 1 is 1.55 bits per heavy atom. The lowest BCUT2D eigenvalue weighted by atomic mass is 9.84. The number of rotatable bonds is 5. The molecule has 2 atom stereocenters. The first-order valence-electron chi connectivity index (χ1n) is 7.09. The van der Waals surface area contributed by atoms with Crippen molar-refractivity contribution in [1.29, 1.82) is 5.26 Å². The van der Waals surface area contributed by atoms with E-state index >= 15 is 0 Å². The largest absolute Gasteiger partial charge is 0.481 e. The number of aliphatic carboxylic acids is 1. The molecule has 1 aliphatic rings. The number of carbonyl (C=O) groups excluding carboxylic acids is 1. The van der Waals surface area contributed by atoms with Crippen molar-refractivity contribution >= 4 is 11.9 Å². The molecule has 1 aliphatic heterocycles. The molecule has 1 heterocycles. The average molecular weight is 302 g/mol. The normalized spacial score (nSPS) is 21.5. The number of carboxylic acids is 1. The Morgan fingerprint density at radius 3 is 2.95 bits per heavy atom. The van der Waals surface area contributed by atoms with Crippen LogP contribution in [-0.2, 0) is 14.3 Å². The summed E-state index contributed by atoms with van der Waals surface area (Å²) in [5, 5.41) is 18.5. The Labute approximate surface area is 128 Å². The van der Waals surface area contributed by atoms with Crippen LogP contribution in [0.15, 0.2) is 24.3 Å². The van der Waals surface area contributed by atoms with Gasteiger partial charge in [0.2, 0.25) is 5.91 Å². The quantitative estimate of drug-likeness (QED) is 0.891. The number of hydrogen-bond donors (Lipinski definition) is 1. The Morgan fingerprint density at radius 2 is 2.32 bits per heavy atom. The van der Waals surface area contributed by atoms with Crippen molar-refractivity contribution in [2.24, 2.45) is 5.92 Å². The van der Waals surface area contributed by atoms with Crippen molar-refractivity contribution < 1.29 is 19.4 Å². The van der Waals surface area contributed by atoms with Gasteiger partial charge in [-0.05, 0) is 24.1 Å². The zero-order valence-corrected chi connectivity index (χ0v) is 12.4. The second kappa shape index (κ2) is 7.05. The maximum atomic E-state index is 12.2. The highest BCUT2D eigenvalue weighted by Crippen LogP contribution is 2.37. The molecule has 6 heteroatoms. The predicted octanol–water partition coefficient (Wildman–Crippen LogP) is 1.57. The highest BCUT2D eigenvalue weighted by atomic mass is 16.5. The highest BCUT2D eigenvalue weighted by Gasteiger charge is 2.40. The van der Waals surface area contributed by atoms with E-state index in [4.69, 9.17) is 10.00 Å². The fourth-order valence-electron chi connectivity index (χ4n) is 2.87. The molecule has 0 radical (unpaired) electrons. The van der Waals surface area contributed by atoms with Crippen LogP contribution in [0.1, 0.15) is 30.0 Å². The van der Waals surface area contributed by atoms with Crippen molar-refractivity contribution in [3.8, 4) is 6.07 Å². The lowest BCUT2D eigenvalue weighted by Gasteiger charge is -2.39. The van der Waals surface area contributed by atoms with E-state index in [-0.39, 0.29) is 12.3 Å². The fraction of sp³-hybridized carbons (Fsp3) is 0.438. The Balaban J connectivity index is 2.42. The SMILES string of the molecule is COCCN1C(=O)CC[C@H](C(=O)O)[C@@H]1c1cccc(C#N)c1. The molecule has 1 aromatic rings. The second-order valence-electron chi connectivity index (χ2n) is 5.25. The van der Waals surface area contributed by atoms with Crippen LogP contribution in [0.5, 0.6) is 0 Å². The Bertz CT molecular complexity index is 608. The average Bonchev–Trinajstić information content (AvgIpc) is 2.53.